The Bertz CT molecular complexity index is 430. The number of likely N-dealkylation sites (tertiary alicyclic amines) is 1. The molecule has 0 aromatic heterocycles. The number of hydrogen-bond donors (Lipinski definition) is 2. The number of nitrogens with two attached hydrogens (primary N) is 1. The molecule has 2 unspecified atom stereocenters. The van der Waals surface area contributed by atoms with E-state index in [1.54, 1.807) is 4.90 Å². The minimum Gasteiger partial charge on any atom is -0.394 e. The number of rotatable bonds is 4. The number of aliphatic hydroxyl groups excluding tert-OH is 1. The zero-order chi connectivity index (χ0) is 13.8. The second-order valence-corrected chi connectivity index (χ2v) is 5.25. The fourth-order valence-electron chi connectivity index (χ4n) is 2.69. The Morgan fingerprint density at radius 1 is 1.42 bits per heavy atom. The molecule has 0 aliphatic carbocycles. The van der Waals surface area contributed by atoms with Gasteiger partial charge in [0, 0.05) is 12.1 Å². The van der Waals surface area contributed by atoms with E-state index in [1.807, 2.05) is 24.3 Å². The molecule has 1 fully saturated rings. The van der Waals surface area contributed by atoms with E-state index in [0.717, 1.165) is 24.9 Å². The van der Waals surface area contributed by atoms with Gasteiger partial charge < -0.3 is 15.7 Å². The van der Waals surface area contributed by atoms with Gasteiger partial charge in [-0.15, -0.1) is 0 Å². The van der Waals surface area contributed by atoms with Gasteiger partial charge in [0.25, 0.3) is 5.91 Å². The first kappa shape index (κ1) is 14.0. The van der Waals surface area contributed by atoms with E-state index in [1.165, 1.54) is 0 Å². The Labute approximate surface area is 114 Å². The van der Waals surface area contributed by atoms with Crippen LogP contribution in [0.25, 0.3) is 0 Å². The van der Waals surface area contributed by atoms with Crippen LogP contribution in [0.5, 0.6) is 0 Å². The van der Waals surface area contributed by atoms with Gasteiger partial charge in [-0.2, -0.15) is 0 Å². The summed E-state index contributed by atoms with van der Waals surface area (Å²) in [6.45, 7) is 3.47. The lowest BCUT2D eigenvalue weighted by Gasteiger charge is -2.25. The summed E-state index contributed by atoms with van der Waals surface area (Å²) in [4.78, 5) is 14.2. The Balaban J connectivity index is 2.11. The first-order valence-corrected chi connectivity index (χ1v) is 6.88. The van der Waals surface area contributed by atoms with Crippen molar-refractivity contribution in [2.75, 3.05) is 19.7 Å². The predicted molar refractivity (Wildman–Crippen MR) is 74.9 cm³/mol. The van der Waals surface area contributed by atoms with Gasteiger partial charge in [-0.1, -0.05) is 19.1 Å². The van der Waals surface area contributed by atoms with Crippen molar-refractivity contribution >= 4 is 5.91 Å². The van der Waals surface area contributed by atoms with Gasteiger partial charge in [0.2, 0.25) is 0 Å². The SMILES string of the molecule is CC1CCN(C(=O)c2ccc(CCN)cc2)C1CO. The normalized spacial score (nSPS) is 22.8. The van der Waals surface area contributed by atoms with E-state index in [0.29, 0.717) is 18.0 Å². The molecule has 0 bridgehead atoms. The molecule has 0 spiro atoms. The van der Waals surface area contributed by atoms with Crippen LogP contribution in [-0.4, -0.2) is 41.7 Å². The van der Waals surface area contributed by atoms with Crippen LogP contribution in [0.3, 0.4) is 0 Å². The van der Waals surface area contributed by atoms with E-state index >= 15 is 0 Å². The summed E-state index contributed by atoms with van der Waals surface area (Å²) in [5.41, 5.74) is 7.34. The molecule has 19 heavy (non-hydrogen) atoms. The average molecular weight is 262 g/mol. The van der Waals surface area contributed by atoms with Crippen molar-refractivity contribution in [1.29, 1.82) is 0 Å². The number of hydrogen-bond acceptors (Lipinski definition) is 3. The molecule has 104 valence electrons. The molecule has 1 aliphatic rings. The van der Waals surface area contributed by atoms with Crippen LogP contribution < -0.4 is 5.73 Å². The molecule has 1 aromatic rings. The second kappa shape index (κ2) is 6.17. The molecule has 1 saturated heterocycles. The minimum atomic E-state index is -0.0452. The topological polar surface area (TPSA) is 66.6 Å². The van der Waals surface area contributed by atoms with Crippen molar-refractivity contribution < 1.29 is 9.90 Å². The van der Waals surface area contributed by atoms with Crippen LogP contribution in [-0.2, 0) is 6.42 Å². The maximum Gasteiger partial charge on any atom is 0.254 e. The molecule has 1 heterocycles. The van der Waals surface area contributed by atoms with Gasteiger partial charge in [-0.25, -0.2) is 0 Å². The molecule has 3 N–H and O–H groups in total. The summed E-state index contributed by atoms with van der Waals surface area (Å²) in [7, 11) is 0. The first-order valence-electron chi connectivity index (χ1n) is 6.88. The lowest BCUT2D eigenvalue weighted by molar-refractivity contribution is 0.0648. The van der Waals surface area contributed by atoms with Crippen molar-refractivity contribution in [2.24, 2.45) is 11.7 Å². The lowest BCUT2D eigenvalue weighted by atomic mass is 10.0. The van der Waals surface area contributed by atoms with Gasteiger partial charge >= 0.3 is 0 Å². The monoisotopic (exact) mass is 262 g/mol. The molecule has 0 saturated carbocycles. The Hall–Kier alpha value is -1.39. The van der Waals surface area contributed by atoms with E-state index in [2.05, 4.69) is 6.92 Å². The van der Waals surface area contributed by atoms with Crippen molar-refractivity contribution in [2.45, 2.75) is 25.8 Å². The maximum atomic E-state index is 12.4. The van der Waals surface area contributed by atoms with Gasteiger partial charge in [0.1, 0.15) is 0 Å². The van der Waals surface area contributed by atoms with Gasteiger partial charge in [0.05, 0.1) is 12.6 Å². The second-order valence-electron chi connectivity index (χ2n) is 5.25. The van der Waals surface area contributed by atoms with Crippen LogP contribution in [0.4, 0.5) is 0 Å². The number of aliphatic hydroxyl groups is 1. The molecular weight excluding hydrogens is 240 g/mol. The summed E-state index contributed by atoms with van der Waals surface area (Å²) in [5, 5.41) is 9.41. The fraction of sp³-hybridized carbons (Fsp3) is 0.533. The third-order valence-electron chi connectivity index (χ3n) is 3.96. The predicted octanol–water partition coefficient (Wildman–Crippen LogP) is 1.03. The highest BCUT2D eigenvalue weighted by atomic mass is 16.3. The van der Waals surface area contributed by atoms with Crippen LogP contribution in [0.2, 0.25) is 0 Å². The molecule has 2 rings (SSSR count). The quantitative estimate of drug-likeness (QED) is 0.851. The van der Waals surface area contributed by atoms with Crippen molar-refractivity contribution in [3.63, 3.8) is 0 Å². The van der Waals surface area contributed by atoms with Crippen LogP contribution in [0.1, 0.15) is 29.3 Å². The summed E-state index contributed by atoms with van der Waals surface area (Å²) < 4.78 is 0. The molecule has 1 aromatic carbocycles. The van der Waals surface area contributed by atoms with E-state index in [9.17, 15) is 9.90 Å². The first-order chi connectivity index (χ1) is 9.17. The molecule has 4 nitrogen and oxygen atoms in total. The summed E-state index contributed by atoms with van der Waals surface area (Å²) in [5.74, 6) is 0.383. The van der Waals surface area contributed by atoms with Gasteiger partial charge in [0.15, 0.2) is 0 Å². The number of carbonyl (C=O) groups is 1. The van der Waals surface area contributed by atoms with Crippen molar-refractivity contribution in [3.8, 4) is 0 Å². The maximum absolute atomic E-state index is 12.4. The Morgan fingerprint density at radius 2 is 2.11 bits per heavy atom. The van der Waals surface area contributed by atoms with Crippen molar-refractivity contribution in [3.05, 3.63) is 35.4 Å². The van der Waals surface area contributed by atoms with Crippen LogP contribution in [0, 0.1) is 5.92 Å². The summed E-state index contributed by atoms with van der Waals surface area (Å²) in [6, 6.07) is 7.56. The highest BCUT2D eigenvalue weighted by molar-refractivity contribution is 5.94. The highest BCUT2D eigenvalue weighted by Crippen LogP contribution is 2.25. The Morgan fingerprint density at radius 3 is 2.68 bits per heavy atom. The summed E-state index contributed by atoms with van der Waals surface area (Å²) >= 11 is 0. The largest absolute Gasteiger partial charge is 0.394 e. The summed E-state index contributed by atoms with van der Waals surface area (Å²) in [6.07, 6.45) is 1.79. The fourth-order valence-corrected chi connectivity index (χ4v) is 2.69. The smallest absolute Gasteiger partial charge is 0.254 e. The van der Waals surface area contributed by atoms with Crippen LogP contribution >= 0.6 is 0 Å². The molecule has 2 atom stereocenters. The van der Waals surface area contributed by atoms with E-state index < -0.39 is 0 Å². The van der Waals surface area contributed by atoms with E-state index in [4.69, 9.17) is 5.73 Å². The van der Waals surface area contributed by atoms with Gasteiger partial charge in [-0.3, -0.25) is 4.79 Å². The zero-order valence-corrected chi connectivity index (χ0v) is 11.4. The number of carbonyl (C=O) groups excluding carboxylic acids is 1. The van der Waals surface area contributed by atoms with Crippen LogP contribution in [0.15, 0.2) is 24.3 Å². The third-order valence-corrected chi connectivity index (χ3v) is 3.96. The van der Waals surface area contributed by atoms with Gasteiger partial charge in [-0.05, 0) is 43.0 Å². The molecular formula is C15H22N2O2. The number of amides is 1. The van der Waals surface area contributed by atoms with Crippen molar-refractivity contribution in [1.82, 2.24) is 4.90 Å². The molecule has 4 heteroatoms. The standard InChI is InChI=1S/C15H22N2O2/c1-11-7-9-17(14(11)10-18)15(19)13-4-2-12(3-5-13)6-8-16/h2-5,11,14,18H,6-10,16H2,1H3. The highest BCUT2D eigenvalue weighted by Gasteiger charge is 2.34. The minimum absolute atomic E-state index is 0.0164. The number of nitrogens with zero attached hydrogens (tertiary/aromatic N) is 1. The zero-order valence-electron chi connectivity index (χ0n) is 11.4. The molecule has 0 radical (unpaired) electrons. The lowest BCUT2D eigenvalue weighted by Crippen LogP contribution is -2.39. The third kappa shape index (κ3) is 2.96. The van der Waals surface area contributed by atoms with E-state index in [-0.39, 0.29) is 18.6 Å². The molecule has 1 aliphatic heterocycles. The Kier molecular flexibility index (Phi) is 4.56. The average Bonchev–Trinajstić information content (AvgIpc) is 2.80. The number of benzene rings is 1. The molecule has 1 amide bonds.